The molecule has 2 aromatic heterocycles. The van der Waals surface area contributed by atoms with E-state index in [1.807, 2.05) is 12.1 Å². The summed E-state index contributed by atoms with van der Waals surface area (Å²) in [5.41, 5.74) is 8.84. The van der Waals surface area contributed by atoms with E-state index in [2.05, 4.69) is 70.7 Å². The van der Waals surface area contributed by atoms with Crippen LogP contribution in [0.2, 0.25) is 0 Å². The van der Waals surface area contributed by atoms with E-state index in [1.54, 1.807) is 7.11 Å². The third-order valence-electron chi connectivity index (χ3n) is 6.61. The van der Waals surface area contributed by atoms with Crippen LogP contribution < -0.4 is 10.1 Å². The maximum Gasteiger partial charge on any atom is 0.268 e. The number of rotatable bonds is 6. The van der Waals surface area contributed by atoms with Gasteiger partial charge in [0.15, 0.2) is 0 Å². The molecule has 0 saturated heterocycles. The first-order chi connectivity index (χ1) is 16.1. The van der Waals surface area contributed by atoms with Crippen molar-refractivity contribution in [1.29, 1.82) is 0 Å². The first kappa shape index (κ1) is 21.4. The molecule has 0 aliphatic carbocycles. The number of ether oxygens (including phenoxy) is 1. The van der Waals surface area contributed by atoms with Crippen molar-refractivity contribution in [3.05, 3.63) is 71.5 Å². The average Bonchev–Trinajstić information content (AvgIpc) is 3.26. The fourth-order valence-corrected chi connectivity index (χ4v) is 4.95. The number of nitrogens with one attached hydrogen (secondary N) is 1. The van der Waals surface area contributed by atoms with E-state index >= 15 is 0 Å². The Morgan fingerprint density at radius 3 is 2.45 bits per heavy atom. The topological polar surface area (TPSA) is 47.7 Å². The van der Waals surface area contributed by atoms with Gasteiger partial charge >= 0.3 is 0 Å². The van der Waals surface area contributed by atoms with Gasteiger partial charge in [0.1, 0.15) is 17.1 Å². The molecule has 0 atom stereocenters. The maximum absolute atomic E-state index is 13.5. The second-order valence-corrected chi connectivity index (χ2v) is 8.87. The van der Waals surface area contributed by atoms with E-state index in [0.717, 1.165) is 71.7 Å². The fraction of sp³-hybridized carbons (Fsp3) is 0.321. The van der Waals surface area contributed by atoms with E-state index < -0.39 is 0 Å². The molecular weight excluding hydrogens is 410 g/mol. The lowest BCUT2D eigenvalue weighted by molar-refractivity contribution is 0.0948. The Bertz CT molecular complexity index is 1290. The van der Waals surface area contributed by atoms with Crippen molar-refractivity contribution >= 4 is 11.6 Å². The van der Waals surface area contributed by atoms with Crippen molar-refractivity contribution in [3.63, 3.8) is 0 Å². The van der Waals surface area contributed by atoms with Crippen LogP contribution in [0.3, 0.4) is 0 Å². The summed E-state index contributed by atoms with van der Waals surface area (Å²) in [7, 11) is 1.68. The number of nitrogens with zero attached hydrogens (tertiary/aromatic N) is 2. The molecular formula is C28H31N3O2. The van der Waals surface area contributed by atoms with E-state index in [0.29, 0.717) is 6.54 Å². The minimum atomic E-state index is -0.00678. The number of aryl methyl sites for hydroxylation is 3. The van der Waals surface area contributed by atoms with Gasteiger partial charge in [0, 0.05) is 30.4 Å². The minimum absolute atomic E-state index is 0.00678. The molecule has 3 heterocycles. The Kier molecular flexibility index (Phi) is 5.71. The van der Waals surface area contributed by atoms with Crippen LogP contribution in [-0.4, -0.2) is 28.5 Å². The molecule has 4 aromatic rings. The van der Waals surface area contributed by atoms with E-state index in [1.165, 1.54) is 11.1 Å². The van der Waals surface area contributed by atoms with Gasteiger partial charge in [-0.15, -0.1) is 0 Å². The number of carbonyl (C=O) groups is 1. The number of hydrogen-bond donors (Lipinski definition) is 1. The standard InChI is InChI=1S/C28H31N3O2/c1-4-16-29-27(32)26-25(21-10-8-19(2)9-11-21)23-7-5-6-17-30-24(18-31(26)28(23)30)20-12-14-22(33-3)15-13-20/h8-15,18H,4-7,16-17H2,1-3H3,(H,29,32). The fourth-order valence-electron chi connectivity index (χ4n) is 4.95. The molecule has 1 amide bonds. The van der Waals surface area contributed by atoms with Crippen molar-refractivity contribution in [2.75, 3.05) is 13.7 Å². The van der Waals surface area contributed by atoms with Gasteiger partial charge in [0.25, 0.3) is 5.91 Å². The molecule has 1 aliphatic heterocycles. The van der Waals surface area contributed by atoms with Crippen LogP contribution in [-0.2, 0) is 13.0 Å². The summed E-state index contributed by atoms with van der Waals surface area (Å²) in [6.45, 7) is 5.79. The maximum atomic E-state index is 13.5. The summed E-state index contributed by atoms with van der Waals surface area (Å²) in [5.74, 6) is 0.836. The molecule has 1 N–H and O–H groups in total. The minimum Gasteiger partial charge on any atom is -0.497 e. The molecule has 0 saturated carbocycles. The van der Waals surface area contributed by atoms with Crippen LogP contribution in [0, 0.1) is 6.92 Å². The zero-order chi connectivity index (χ0) is 22.9. The van der Waals surface area contributed by atoms with E-state index in [-0.39, 0.29) is 5.91 Å². The SMILES string of the molecule is CCCNC(=O)c1c(-c2ccc(C)cc2)c2c3n(c(-c4ccc(OC)cc4)cn13)CCCC2. The van der Waals surface area contributed by atoms with Crippen LogP contribution in [0.5, 0.6) is 5.75 Å². The number of imidazole rings is 1. The Morgan fingerprint density at radius 1 is 1.03 bits per heavy atom. The highest BCUT2D eigenvalue weighted by Gasteiger charge is 2.29. The molecule has 0 fully saturated rings. The highest BCUT2D eigenvalue weighted by molar-refractivity contribution is 6.03. The lowest BCUT2D eigenvalue weighted by Gasteiger charge is -2.10. The molecule has 170 valence electrons. The smallest absolute Gasteiger partial charge is 0.268 e. The summed E-state index contributed by atoms with van der Waals surface area (Å²) in [5, 5.41) is 3.13. The lowest BCUT2D eigenvalue weighted by atomic mass is 9.97. The van der Waals surface area contributed by atoms with Gasteiger partial charge < -0.3 is 14.6 Å². The predicted octanol–water partition coefficient (Wildman–Crippen LogP) is 5.87. The molecule has 5 heteroatoms. The summed E-state index contributed by atoms with van der Waals surface area (Å²) in [6.07, 6.45) is 6.25. The summed E-state index contributed by atoms with van der Waals surface area (Å²) in [6, 6.07) is 16.7. The quantitative estimate of drug-likeness (QED) is 0.407. The molecule has 0 unspecified atom stereocenters. The van der Waals surface area contributed by atoms with Gasteiger partial charge in [0.05, 0.1) is 12.8 Å². The summed E-state index contributed by atoms with van der Waals surface area (Å²) < 4.78 is 9.89. The molecule has 5 rings (SSSR count). The number of amides is 1. The Labute approximate surface area is 195 Å². The Morgan fingerprint density at radius 2 is 1.76 bits per heavy atom. The van der Waals surface area contributed by atoms with Crippen LogP contribution in [0.25, 0.3) is 28.0 Å². The van der Waals surface area contributed by atoms with E-state index in [9.17, 15) is 4.79 Å². The number of hydrogen-bond acceptors (Lipinski definition) is 2. The first-order valence-electron chi connectivity index (χ1n) is 11.9. The number of benzene rings is 2. The highest BCUT2D eigenvalue weighted by atomic mass is 16.5. The lowest BCUT2D eigenvalue weighted by Crippen LogP contribution is -2.25. The zero-order valence-corrected chi connectivity index (χ0v) is 19.6. The van der Waals surface area contributed by atoms with Gasteiger partial charge in [-0.25, -0.2) is 0 Å². The first-order valence-corrected chi connectivity index (χ1v) is 11.9. The Balaban J connectivity index is 1.77. The van der Waals surface area contributed by atoms with Crippen molar-refractivity contribution < 1.29 is 9.53 Å². The average molecular weight is 442 g/mol. The van der Waals surface area contributed by atoms with Crippen LogP contribution in [0.15, 0.2) is 54.7 Å². The van der Waals surface area contributed by atoms with Gasteiger partial charge in [-0.2, -0.15) is 0 Å². The van der Waals surface area contributed by atoms with Gasteiger partial charge in [-0.3, -0.25) is 9.20 Å². The number of aromatic nitrogens is 2. The third-order valence-corrected chi connectivity index (χ3v) is 6.61. The van der Waals surface area contributed by atoms with Gasteiger partial charge in [-0.05, 0) is 68.0 Å². The number of methoxy groups -OCH3 is 1. The van der Waals surface area contributed by atoms with Crippen molar-refractivity contribution in [2.24, 2.45) is 0 Å². The normalized spacial score (nSPS) is 13.2. The second-order valence-electron chi connectivity index (χ2n) is 8.87. The third kappa shape index (κ3) is 3.71. The molecule has 5 nitrogen and oxygen atoms in total. The van der Waals surface area contributed by atoms with Crippen LogP contribution >= 0.6 is 0 Å². The molecule has 0 radical (unpaired) electrons. The van der Waals surface area contributed by atoms with Crippen LogP contribution in [0.4, 0.5) is 0 Å². The highest BCUT2D eigenvalue weighted by Crippen LogP contribution is 2.39. The van der Waals surface area contributed by atoms with Crippen molar-refractivity contribution in [1.82, 2.24) is 14.3 Å². The molecule has 33 heavy (non-hydrogen) atoms. The summed E-state index contributed by atoms with van der Waals surface area (Å²) in [4.78, 5) is 13.5. The predicted molar refractivity (Wildman–Crippen MR) is 133 cm³/mol. The largest absolute Gasteiger partial charge is 0.497 e. The van der Waals surface area contributed by atoms with Crippen molar-refractivity contribution in [3.8, 4) is 28.1 Å². The molecule has 0 bridgehead atoms. The summed E-state index contributed by atoms with van der Waals surface area (Å²) >= 11 is 0. The van der Waals surface area contributed by atoms with Crippen molar-refractivity contribution in [2.45, 2.75) is 46.1 Å². The van der Waals surface area contributed by atoms with Gasteiger partial charge in [-0.1, -0.05) is 36.8 Å². The molecule has 0 spiro atoms. The Hall–Kier alpha value is -3.47. The van der Waals surface area contributed by atoms with Crippen LogP contribution in [0.1, 0.15) is 47.8 Å². The number of carbonyl (C=O) groups excluding carboxylic acids is 1. The van der Waals surface area contributed by atoms with Gasteiger partial charge in [0.2, 0.25) is 0 Å². The zero-order valence-electron chi connectivity index (χ0n) is 19.6. The second kappa shape index (κ2) is 8.81. The molecule has 1 aliphatic rings. The molecule has 2 aromatic carbocycles. The monoisotopic (exact) mass is 441 g/mol. The van der Waals surface area contributed by atoms with E-state index in [4.69, 9.17) is 4.74 Å².